The molecule has 0 radical (unpaired) electrons. The molecule has 0 aliphatic heterocycles. The summed E-state index contributed by atoms with van der Waals surface area (Å²) in [5.41, 5.74) is 0. The summed E-state index contributed by atoms with van der Waals surface area (Å²) in [5, 5.41) is 0. The summed E-state index contributed by atoms with van der Waals surface area (Å²) in [4.78, 5) is 0. The van der Waals surface area contributed by atoms with E-state index in [0.29, 0.717) is 6.42 Å². The van der Waals surface area contributed by atoms with Gasteiger partial charge in [-0.2, -0.15) is 0 Å². The summed E-state index contributed by atoms with van der Waals surface area (Å²) in [7, 11) is 0. The van der Waals surface area contributed by atoms with Crippen molar-refractivity contribution in [1.82, 2.24) is 0 Å². The van der Waals surface area contributed by atoms with E-state index in [-0.39, 0.29) is 0 Å². The monoisotopic (exact) mass is 376 g/mol. The smallest absolute Gasteiger partial charge is 0.0986 e. The van der Waals surface area contributed by atoms with Crippen LogP contribution in [0.25, 0.3) is 0 Å². The van der Waals surface area contributed by atoms with E-state index in [0.717, 1.165) is 12.8 Å². The van der Waals surface area contributed by atoms with Gasteiger partial charge in [-0.05, 0) is 13.3 Å². The van der Waals surface area contributed by atoms with E-state index in [1.165, 1.54) is 64.2 Å². The lowest BCUT2D eigenvalue weighted by Gasteiger charge is -2.29. The molecule has 0 bridgehead atoms. The Labute approximate surface area is 152 Å². The lowest BCUT2D eigenvalue weighted by Crippen LogP contribution is -2.33. The molecule has 0 nitrogen and oxygen atoms in total. The maximum absolute atomic E-state index is 6.15. The molecule has 0 rings (SSSR count). The highest BCUT2D eigenvalue weighted by Gasteiger charge is 2.42. The van der Waals surface area contributed by atoms with Gasteiger partial charge in [-0.15, -0.1) is 0 Å². The molecule has 0 atom stereocenters. The fourth-order valence-corrected chi connectivity index (χ4v) is 2.86. The van der Waals surface area contributed by atoms with E-state index in [1.807, 2.05) is 0 Å². The molecule has 0 spiro atoms. The molecule has 0 fully saturated rings. The third-order valence-electron chi connectivity index (χ3n) is 3.99. The van der Waals surface area contributed by atoms with Gasteiger partial charge in [0.05, 0.1) is 0 Å². The molecule has 0 amide bonds. The number of hydrogen-bond acceptors (Lipinski definition) is 0. The molecule has 0 unspecified atom stereocenters. The zero-order chi connectivity index (χ0) is 16.2. The van der Waals surface area contributed by atoms with Crippen LogP contribution in [0.15, 0.2) is 0 Å². The van der Waals surface area contributed by atoms with Crippen LogP contribution in [-0.4, -0.2) is 8.67 Å². The SMILES string of the molecule is CCCCCCCCCCCCCCC(Cl)(Cl)C(C)(Cl)Cl. The predicted octanol–water partition coefficient (Wildman–Crippen LogP) is 8.45. The third-order valence-corrected chi connectivity index (χ3v) is 6.15. The van der Waals surface area contributed by atoms with Gasteiger partial charge >= 0.3 is 0 Å². The zero-order valence-electron chi connectivity index (χ0n) is 13.7. The van der Waals surface area contributed by atoms with Gasteiger partial charge in [-0.3, -0.25) is 0 Å². The minimum absolute atomic E-state index is 0.650. The third kappa shape index (κ3) is 12.3. The molecule has 0 aliphatic carbocycles. The van der Waals surface area contributed by atoms with Crippen LogP contribution in [0.1, 0.15) is 97.3 Å². The van der Waals surface area contributed by atoms with Crippen LogP contribution in [0.2, 0.25) is 0 Å². The summed E-state index contributed by atoms with van der Waals surface area (Å²) in [6.45, 7) is 3.91. The summed E-state index contributed by atoms with van der Waals surface area (Å²) < 4.78 is -2.14. The van der Waals surface area contributed by atoms with Gasteiger partial charge < -0.3 is 0 Å². The van der Waals surface area contributed by atoms with Crippen LogP contribution in [0.3, 0.4) is 0 Å². The van der Waals surface area contributed by atoms with Crippen molar-refractivity contribution in [2.24, 2.45) is 0 Å². The van der Waals surface area contributed by atoms with Gasteiger partial charge in [0, 0.05) is 0 Å². The van der Waals surface area contributed by atoms with E-state index in [2.05, 4.69) is 6.92 Å². The second kappa shape index (κ2) is 12.6. The molecule has 0 saturated heterocycles. The van der Waals surface area contributed by atoms with Crippen LogP contribution in [0.4, 0.5) is 0 Å². The van der Waals surface area contributed by atoms with E-state index < -0.39 is 8.67 Å². The Balaban J connectivity index is 3.30. The fraction of sp³-hybridized carbons (Fsp3) is 1.00. The van der Waals surface area contributed by atoms with Crippen LogP contribution in [-0.2, 0) is 0 Å². The Hall–Kier alpha value is 1.16. The molecule has 4 heteroatoms. The lowest BCUT2D eigenvalue weighted by molar-refractivity contribution is 0.524. The maximum atomic E-state index is 6.15. The first-order valence-corrected chi connectivity index (χ1v) is 10.1. The van der Waals surface area contributed by atoms with Gasteiger partial charge in [-0.25, -0.2) is 0 Å². The van der Waals surface area contributed by atoms with Gasteiger partial charge in [-0.1, -0.05) is 130 Å². The van der Waals surface area contributed by atoms with Crippen molar-refractivity contribution in [3.63, 3.8) is 0 Å². The highest BCUT2D eigenvalue weighted by molar-refractivity contribution is 6.62. The lowest BCUT2D eigenvalue weighted by atomic mass is 10.0. The average molecular weight is 378 g/mol. The first kappa shape index (κ1) is 22.2. The molecule has 128 valence electrons. The van der Waals surface area contributed by atoms with Gasteiger partial charge in [0.2, 0.25) is 0 Å². The second-order valence-electron chi connectivity index (χ2n) is 6.23. The van der Waals surface area contributed by atoms with Crippen molar-refractivity contribution < 1.29 is 0 Å². The number of unbranched alkanes of at least 4 members (excludes halogenated alkanes) is 11. The van der Waals surface area contributed by atoms with Gasteiger partial charge in [0.1, 0.15) is 4.33 Å². The molecule has 0 aliphatic rings. The number of alkyl halides is 4. The largest absolute Gasteiger partial charge is 0.150 e. The van der Waals surface area contributed by atoms with E-state index in [4.69, 9.17) is 46.4 Å². The molecule has 0 heterocycles. The fourth-order valence-electron chi connectivity index (χ4n) is 2.41. The van der Waals surface area contributed by atoms with Crippen molar-refractivity contribution in [1.29, 1.82) is 0 Å². The molecule has 0 aromatic rings. The Bertz CT molecular complexity index is 233. The zero-order valence-corrected chi connectivity index (χ0v) is 16.7. The second-order valence-corrected chi connectivity index (χ2v) is 9.42. The average Bonchev–Trinajstić information content (AvgIpc) is 2.38. The molecular weight excluding hydrogens is 346 g/mol. The summed E-state index contributed by atoms with van der Waals surface area (Å²) >= 11 is 24.2. The van der Waals surface area contributed by atoms with E-state index in [9.17, 15) is 0 Å². The summed E-state index contributed by atoms with van der Waals surface area (Å²) in [6.07, 6.45) is 16.4. The molecule has 0 saturated carbocycles. The molecule has 0 aromatic heterocycles. The molecule has 21 heavy (non-hydrogen) atoms. The van der Waals surface area contributed by atoms with Crippen molar-refractivity contribution in [3.05, 3.63) is 0 Å². The molecule has 0 N–H and O–H groups in total. The summed E-state index contributed by atoms with van der Waals surface area (Å²) in [6, 6.07) is 0. The Morgan fingerprint density at radius 2 is 0.905 bits per heavy atom. The maximum Gasteiger partial charge on any atom is 0.150 e. The summed E-state index contributed by atoms with van der Waals surface area (Å²) in [5.74, 6) is 0. The standard InChI is InChI=1S/C17H32Cl4/c1-3-4-5-6-7-8-9-10-11-12-13-14-15-17(20,21)16(2,18)19/h3-15H2,1-2H3. The highest BCUT2D eigenvalue weighted by atomic mass is 35.5. The van der Waals surface area contributed by atoms with Crippen LogP contribution < -0.4 is 0 Å². The highest BCUT2D eigenvalue weighted by Crippen LogP contribution is 2.45. The van der Waals surface area contributed by atoms with E-state index >= 15 is 0 Å². The predicted molar refractivity (Wildman–Crippen MR) is 100 cm³/mol. The van der Waals surface area contributed by atoms with Crippen molar-refractivity contribution >= 4 is 46.4 Å². The van der Waals surface area contributed by atoms with Crippen LogP contribution >= 0.6 is 46.4 Å². The minimum atomic E-state index is -1.09. The Kier molecular flexibility index (Phi) is 13.3. The van der Waals surface area contributed by atoms with E-state index in [1.54, 1.807) is 6.92 Å². The van der Waals surface area contributed by atoms with Crippen LogP contribution in [0.5, 0.6) is 0 Å². The van der Waals surface area contributed by atoms with Gasteiger partial charge in [0.15, 0.2) is 4.33 Å². The minimum Gasteiger partial charge on any atom is -0.0986 e. The quantitative estimate of drug-likeness (QED) is 0.210. The molecular formula is C17H32Cl4. The van der Waals surface area contributed by atoms with Gasteiger partial charge in [0.25, 0.3) is 0 Å². The number of hydrogen-bond donors (Lipinski definition) is 0. The Morgan fingerprint density at radius 1 is 0.571 bits per heavy atom. The number of rotatable bonds is 14. The van der Waals surface area contributed by atoms with Crippen molar-refractivity contribution in [2.75, 3.05) is 0 Å². The van der Waals surface area contributed by atoms with Crippen LogP contribution in [0, 0.1) is 0 Å². The van der Waals surface area contributed by atoms with Crippen molar-refractivity contribution in [2.45, 2.75) is 106 Å². The first-order valence-electron chi connectivity index (χ1n) is 8.57. The normalized spacial score (nSPS) is 12.9. The number of halogens is 4. The molecule has 0 aromatic carbocycles. The topological polar surface area (TPSA) is 0 Å². The Morgan fingerprint density at radius 3 is 1.24 bits per heavy atom. The first-order chi connectivity index (χ1) is 9.81. The van der Waals surface area contributed by atoms with Crippen molar-refractivity contribution in [3.8, 4) is 0 Å².